The van der Waals surface area contributed by atoms with Gasteiger partial charge in [-0.25, -0.2) is 13.2 Å². The van der Waals surface area contributed by atoms with E-state index in [1.54, 1.807) is 36.5 Å². The number of carboxylic acid groups (broad SMARTS) is 1. The van der Waals surface area contributed by atoms with Gasteiger partial charge < -0.3 is 24.6 Å². The van der Waals surface area contributed by atoms with Crippen LogP contribution in [0, 0.1) is 13.8 Å². The number of pyridine rings is 1. The van der Waals surface area contributed by atoms with Gasteiger partial charge >= 0.3 is 5.97 Å². The van der Waals surface area contributed by atoms with Crippen molar-refractivity contribution >= 4 is 44.7 Å². The van der Waals surface area contributed by atoms with E-state index < -0.39 is 22.0 Å². The SMILES string of the molecule is COc1ccc(N2C(=S)N[C@H](c3ccccn3)[C@H]2c2cc(C)n(-c3ccccc3C(=O)O)c2C)cc1NS(C)(=O)=O. The third kappa shape index (κ3) is 5.35. The van der Waals surface area contributed by atoms with E-state index in [4.69, 9.17) is 17.0 Å². The molecule has 0 radical (unpaired) electrons. The molecular formula is C29H29N5O5S2. The monoisotopic (exact) mass is 591 g/mol. The molecule has 1 fully saturated rings. The van der Waals surface area contributed by atoms with Crippen LogP contribution in [0.4, 0.5) is 11.4 Å². The fourth-order valence-electron chi connectivity index (χ4n) is 5.38. The number of para-hydroxylation sites is 1. The van der Waals surface area contributed by atoms with E-state index in [2.05, 4.69) is 15.0 Å². The highest BCUT2D eigenvalue weighted by Crippen LogP contribution is 2.45. The van der Waals surface area contributed by atoms with E-state index in [0.29, 0.717) is 22.2 Å². The normalized spacial score (nSPS) is 16.9. The van der Waals surface area contributed by atoms with Crippen LogP contribution in [0.15, 0.2) is 72.9 Å². The molecule has 10 nitrogen and oxygen atoms in total. The summed E-state index contributed by atoms with van der Waals surface area (Å²) in [5.74, 6) is -0.658. The zero-order valence-electron chi connectivity index (χ0n) is 22.8. The molecule has 12 heteroatoms. The zero-order chi connectivity index (χ0) is 29.5. The third-order valence-electron chi connectivity index (χ3n) is 7.02. The smallest absolute Gasteiger partial charge is 0.337 e. The van der Waals surface area contributed by atoms with E-state index in [9.17, 15) is 18.3 Å². The minimum atomic E-state index is -3.59. The van der Waals surface area contributed by atoms with Crippen molar-refractivity contribution in [2.24, 2.45) is 0 Å². The van der Waals surface area contributed by atoms with Crippen molar-refractivity contribution in [1.29, 1.82) is 0 Å². The Hall–Kier alpha value is -4.42. The van der Waals surface area contributed by atoms with Gasteiger partial charge in [-0.05, 0) is 80.2 Å². The number of methoxy groups -OCH3 is 1. The molecule has 0 amide bonds. The van der Waals surface area contributed by atoms with E-state index in [-0.39, 0.29) is 17.3 Å². The summed E-state index contributed by atoms with van der Waals surface area (Å²) >= 11 is 5.85. The van der Waals surface area contributed by atoms with Crippen LogP contribution in [0.2, 0.25) is 0 Å². The van der Waals surface area contributed by atoms with Crippen molar-refractivity contribution in [3.8, 4) is 11.4 Å². The molecule has 0 unspecified atom stereocenters. The molecule has 0 aliphatic carbocycles. The third-order valence-corrected chi connectivity index (χ3v) is 7.92. The first-order valence-electron chi connectivity index (χ1n) is 12.7. The minimum Gasteiger partial charge on any atom is -0.495 e. The average molecular weight is 592 g/mol. The highest BCUT2D eigenvalue weighted by atomic mass is 32.2. The molecule has 0 saturated carbocycles. The van der Waals surface area contributed by atoms with Crippen LogP contribution in [-0.4, -0.2) is 47.5 Å². The lowest BCUT2D eigenvalue weighted by molar-refractivity contribution is 0.0697. The van der Waals surface area contributed by atoms with Crippen molar-refractivity contribution in [1.82, 2.24) is 14.9 Å². The fourth-order valence-corrected chi connectivity index (χ4v) is 6.29. The number of carbonyl (C=O) groups is 1. The molecule has 1 aliphatic rings. The van der Waals surface area contributed by atoms with Gasteiger partial charge in [0.2, 0.25) is 10.0 Å². The van der Waals surface area contributed by atoms with E-state index >= 15 is 0 Å². The zero-order valence-corrected chi connectivity index (χ0v) is 24.5. The quantitative estimate of drug-likeness (QED) is 0.249. The van der Waals surface area contributed by atoms with Crippen molar-refractivity contribution in [2.45, 2.75) is 25.9 Å². The number of ether oxygens (including phenoxy) is 1. The lowest BCUT2D eigenvalue weighted by Gasteiger charge is -2.29. The second-order valence-corrected chi connectivity index (χ2v) is 11.9. The van der Waals surface area contributed by atoms with Gasteiger partial charge in [0.1, 0.15) is 5.75 Å². The molecule has 0 spiro atoms. The van der Waals surface area contributed by atoms with Gasteiger partial charge in [-0.3, -0.25) is 9.71 Å². The first kappa shape index (κ1) is 28.1. The van der Waals surface area contributed by atoms with Crippen LogP contribution in [0.3, 0.4) is 0 Å². The predicted molar refractivity (Wildman–Crippen MR) is 162 cm³/mol. The summed E-state index contributed by atoms with van der Waals surface area (Å²) in [5.41, 5.74) is 5.00. The van der Waals surface area contributed by atoms with Crippen LogP contribution >= 0.6 is 12.2 Å². The number of aromatic nitrogens is 2. The number of thiocarbonyl (C=S) groups is 1. The van der Waals surface area contributed by atoms with Crippen molar-refractivity contribution < 1.29 is 23.1 Å². The Morgan fingerprint density at radius 2 is 1.83 bits per heavy atom. The van der Waals surface area contributed by atoms with Crippen LogP contribution in [0.1, 0.15) is 45.1 Å². The van der Waals surface area contributed by atoms with E-state index in [0.717, 1.165) is 28.9 Å². The summed E-state index contributed by atoms with van der Waals surface area (Å²) in [7, 11) is -2.13. The molecule has 1 aliphatic heterocycles. The summed E-state index contributed by atoms with van der Waals surface area (Å²) in [6.45, 7) is 3.87. The highest BCUT2D eigenvalue weighted by molar-refractivity contribution is 7.92. The van der Waals surface area contributed by atoms with Crippen LogP contribution in [0.5, 0.6) is 5.75 Å². The number of anilines is 2. The Kier molecular flexibility index (Phi) is 7.45. The minimum absolute atomic E-state index is 0.186. The van der Waals surface area contributed by atoms with Gasteiger partial charge in [-0.15, -0.1) is 0 Å². The van der Waals surface area contributed by atoms with E-state index in [1.807, 2.05) is 59.7 Å². The molecule has 0 bridgehead atoms. The number of aromatic carboxylic acids is 1. The Morgan fingerprint density at radius 1 is 1.10 bits per heavy atom. The number of rotatable bonds is 8. The lowest BCUT2D eigenvalue weighted by atomic mass is 9.96. The molecule has 4 aromatic rings. The van der Waals surface area contributed by atoms with Gasteiger partial charge in [0.25, 0.3) is 0 Å². The van der Waals surface area contributed by atoms with Gasteiger partial charge in [0, 0.05) is 23.3 Å². The number of benzene rings is 2. The standard InChI is InChI=1S/C29H29N5O5S2/c1-17-15-21(18(2)33(17)24-11-6-5-9-20(24)28(35)36)27-26(22-10-7-8-14-30-22)31-29(40)34(27)19-12-13-25(39-3)23(16-19)32-41(4,37)38/h5-16,26-27,32H,1-4H3,(H,31,40)(H,35,36)/t26-,27-/m1/s1. The maximum absolute atomic E-state index is 12.1. The fraction of sp³-hybridized carbons (Fsp3) is 0.207. The molecule has 2 atom stereocenters. The number of nitrogens with one attached hydrogen (secondary N) is 2. The summed E-state index contributed by atoms with van der Waals surface area (Å²) in [5, 5.41) is 13.7. The Bertz CT molecular complexity index is 1750. The second kappa shape index (κ2) is 10.9. The molecule has 2 aromatic carbocycles. The first-order valence-corrected chi connectivity index (χ1v) is 15.0. The van der Waals surface area contributed by atoms with Crippen LogP contribution in [0.25, 0.3) is 5.69 Å². The van der Waals surface area contributed by atoms with Crippen molar-refractivity contribution in [3.05, 3.63) is 101 Å². The van der Waals surface area contributed by atoms with E-state index in [1.165, 1.54) is 7.11 Å². The number of aryl methyl sites for hydroxylation is 1. The summed E-state index contributed by atoms with van der Waals surface area (Å²) in [4.78, 5) is 18.6. The maximum Gasteiger partial charge on any atom is 0.337 e. The summed E-state index contributed by atoms with van der Waals surface area (Å²) in [6.07, 6.45) is 2.79. The molecular weight excluding hydrogens is 562 g/mol. The molecule has 212 valence electrons. The Labute approximate surface area is 243 Å². The molecule has 3 heterocycles. The lowest BCUT2D eigenvalue weighted by Crippen LogP contribution is -2.29. The largest absolute Gasteiger partial charge is 0.495 e. The average Bonchev–Trinajstić information content (AvgIpc) is 3.42. The topological polar surface area (TPSA) is 126 Å². The van der Waals surface area contributed by atoms with Gasteiger partial charge in [0.15, 0.2) is 5.11 Å². The van der Waals surface area contributed by atoms with Gasteiger partial charge in [0.05, 0.1) is 48.1 Å². The number of nitrogens with zero attached hydrogens (tertiary/aromatic N) is 3. The molecule has 2 aromatic heterocycles. The number of carboxylic acids is 1. The van der Waals surface area contributed by atoms with Crippen LogP contribution < -0.4 is 19.7 Å². The number of hydrogen-bond donors (Lipinski definition) is 3. The molecule has 1 saturated heterocycles. The van der Waals surface area contributed by atoms with Crippen molar-refractivity contribution in [2.75, 3.05) is 23.0 Å². The van der Waals surface area contributed by atoms with Crippen molar-refractivity contribution in [3.63, 3.8) is 0 Å². The van der Waals surface area contributed by atoms with Gasteiger partial charge in [-0.1, -0.05) is 18.2 Å². The molecule has 5 rings (SSSR count). The summed E-state index contributed by atoms with van der Waals surface area (Å²) < 4.78 is 34.1. The first-order chi connectivity index (χ1) is 19.5. The molecule has 3 N–H and O–H groups in total. The number of sulfonamides is 1. The summed E-state index contributed by atoms with van der Waals surface area (Å²) in [6, 6.07) is 19.0. The Balaban J connectivity index is 1.71. The highest BCUT2D eigenvalue weighted by Gasteiger charge is 2.42. The molecule has 41 heavy (non-hydrogen) atoms. The van der Waals surface area contributed by atoms with Gasteiger partial charge in [-0.2, -0.15) is 0 Å². The Morgan fingerprint density at radius 3 is 2.49 bits per heavy atom. The number of hydrogen-bond acceptors (Lipinski definition) is 6. The maximum atomic E-state index is 12.1. The van der Waals surface area contributed by atoms with Crippen LogP contribution in [-0.2, 0) is 10.0 Å². The predicted octanol–water partition coefficient (Wildman–Crippen LogP) is 4.74. The second-order valence-electron chi connectivity index (χ2n) is 9.74.